The number of aromatic nitrogens is 1. The zero-order valence-electron chi connectivity index (χ0n) is 11.9. The summed E-state index contributed by atoms with van der Waals surface area (Å²) in [4.78, 5) is 4.03. The van der Waals surface area contributed by atoms with Crippen LogP contribution in [-0.2, 0) is 0 Å². The van der Waals surface area contributed by atoms with Gasteiger partial charge in [0, 0.05) is 12.4 Å². The smallest absolute Gasteiger partial charge is 0.296 e. The van der Waals surface area contributed by atoms with Crippen LogP contribution in [0.4, 0.5) is 0 Å². The molecule has 0 bridgehead atoms. The van der Waals surface area contributed by atoms with Crippen LogP contribution in [0.5, 0.6) is 11.7 Å². The number of hydrogen-bond acceptors (Lipinski definition) is 4. The van der Waals surface area contributed by atoms with E-state index in [4.69, 9.17) is 13.9 Å². The van der Waals surface area contributed by atoms with Crippen molar-refractivity contribution in [1.29, 1.82) is 0 Å². The molecule has 2 heterocycles. The average molecular weight is 281 g/mol. The Bertz CT molecular complexity index is 696. The number of ether oxygens (including phenoxy) is 2. The fourth-order valence-electron chi connectivity index (χ4n) is 2.26. The Hall–Kier alpha value is -2.75. The third-order valence-electron chi connectivity index (χ3n) is 3.32. The van der Waals surface area contributed by atoms with E-state index in [9.17, 15) is 0 Å². The fourth-order valence-corrected chi connectivity index (χ4v) is 2.26. The van der Waals surface area contributed by atoms with Crippen LogP contribution in [0.2, 0.25) is 0 Å². The minimum atomic E-state index is 0.448. The van der Waals surface area contributed by atoms with Crippen LogP contribution in [0.15, 0.2) is 59.5 Å². The van der Waals surface area contributed by atoms with Crippen molar-refractivity contribution < 1.29 is 13.9 Å². The number of pyridine rings is 1. The number of hydrogen-bond donors (Lipinski definition) is 0. The first-order valence-electron chi connectivity index (χ1n) is 6.54. The summed E-state index contributed by atoms with van der Waals surface area (Å²) in [5.41, 5.74) is 4.06. The van der Waals surface area contributed by atoms with Gasteiger partial charge in [0.05, 0.1) is 14.2 Å². The number of nitrogens with zero attached hydrogens (tertiary/aromatic N) is 1. The minimum Gasteiger partial charge on any atom is -0.493 e. The lowest BCUT2D eigenvalue weighted by Gasteiger charge is -2.06. The standard InChI is InChI=1S/C17H15NO3/c1-19-15-11-21-17(20-2)16(15)14-5-3-12(4-6-14)13-7-9-18-10-8-13/h3-11H,1-2H3. The van der Waals surface area contributed by atoms with E-state index in [0.29, 0.717) is 11.7 Å². The summed E-state index contributed by atoms with van der Waals surface area (Å²) in [6.07, 6.45) is 5.11. The van der Waals surface area contributed by atoms with Gasteiger partial charge >= 0.3 is 0 Å². The van der Waals surface area contributed by atoms with Gasteiger partial charge in [0.15, 0.2) is 5.75 Å². The van der Waals surface area contributed by atoms with Gasteiger partial charge < -0.3 is 13.9 Å². The maximum Gasteiger partial charge on any atom is 0.296 e. The lowest BCUT2D eigenvalue weighted by Crippen LogP contribution is -1.87. The summed E-state index contributed by atoms with van der Waals surface area (Å²) < 4.78 is 15.9. The van der Waals surface area contributed by atoms with E-state index in [1.807, 2.05) is 24.3 Å². The van der Waals surface area contributed by atoms with E-state index < -0.39 is 0 Å². The molecule has 4 heteroatoms. The van der Waals surface area contributed by atoms with Crippen LogP contribution in [0.3, 0.4) is 0 Å². The van der Waals surface area contributed by atoms with E-state index in [1.54, 1.807) is 32.9 Å². The summed E-state index contributed by atoms with van der Waals surface area (Å²) in [6.45, 7) is 0. The lowest BCUT2D eigenvalue weighted by atomic mass is 10.0. The maximum atomic E-state index is 5.35. The predicted molar refractivity (Wildman–Crippen MR) is 80.5 cm³/mol. The highest BCUT2D eigenvalue weighted by molar-refractivity contribution is 5.77. The highest BCUT2D eigenvalue weighted by Crippen LogP contribution is 2.40. The van der Waals surface area contributed by atoms with Crippen LogP contribution in [0.25, 0.3) is 22.3 Å². The van der Waals surface area contributed by atoms with Gasteiger partial charge in [-0.15, -0.1) is 0 Å². The predicted octanol–water partition coefficient (Wildman–Crippen LogP) is 4.03. The second-order valence-electron chi connectivity index (χ2n) is 4.48. The maximum absolute atomic E-state index is 5.35. The Labute approximate surface area is 123 Å². The van der Waals surface area contributed by atoms with Gasteiger partial charge in [0.2, 0.25) is 0 Å². The highest BCUT2D eigenvalue weighted by Gasteiger charge is 2.17. The molecule has 0 aliphatic rings. The quantitative estimate of drug-likeness (QED) is 0.724. The molecule has 2 aromatic heterocycles. The summed E-state index contributed by atoms with van der Waals surface area (Å²) in [5, 5.41) is 0. The molecule has 0 radical (unpaired) electrons. The third kappa shape index (κ3) is 2.48. The molecular formula is C17H15NO3. The molecule has 21 heavy (non-hydrogen) atoms. The Morgan fingerprint density at radius 2 is 1.43 bits per heavy atom. The van der Waals surface area contributed by atoms with Crippen molar-refractivity contribution in [3.8, 4) is 33.9 Å². The van der Waals surface area contributed by atoms with Gasteiger partial charge in [-0.1, -0.05) is 24.3 Å². The second-order valence-corrected chi connectivity index (χ2v) is 4.48. The van der Waals surface area contributed by atoms with E-state index in [0.717, 1.165) is 22.3 Å². The lowest BCUT2D eigenvalue weighted by molar-refractivity contribution is 0.305. The second kappa shape index (κ2) is 5.71. The molecule has 0 saturated carbocycles. The summed E-state index contributed by atoms with van der Waals surface area (Å²) in [5.74, 6) is 1.10. The number of furan rings is 1. The van der Waals surface area contributed by atoms with Gasteiger partial charge in [-0.25, -0.2) is 0 Å². The summed E-state index contributed by atoms with van der Waals surface area (Å²) in [7, 11) is 3.19. The number of benzene rings is 1. The van der Waals surface area contributed by atoms with Crippen molar-refractivity contribution >= 4 is 0 Å². The van der Waals surface area contributed by atoms with Crippen molar-refractivity contribution in [3.05, 3.63) is 55.1 Å². The SMILES string of the molecule is COc1coc(OC)c1-c1ccc(-c2ccncc2)cc1. The van der Waals surface area contributed by atoms with Gasteiger partial charge in [-0.2, -0.15) is 0 Å². The first kappa shape index (κ1) is 13.2. The molecule has 3 aromatic rings. The van der Waals surface area contributed by atoms with Crippen LogP contribution >= 0.6 is 0 Å². The molecule has 0 atom stereocenters. The average Bonchev–Trinajstić information content (AvgIpc) is 2.99. The Balaban J connectivity index is 2.00. The largest absolute Gasteiger partial charge is 0.493 e. The molecule has 0 saturated heterocycles. The van der Waals surface area contributed by atoms with E-state index in [2.05, 4.69) is 17.1 Å². The number of methoxy groups -OCH3 is 2. The Morgan fingerprint density at radius 3 is 2.05 bits per heavy atom. The van der Waals surface area contributed by atoms with Gasteiger partial charge in [0.1, 0.15) is 11.8 Å². The van der Waals surface area contributed by atoms with Crippen LogP contribution in [0, 0.1) is 0 Å². The summed E-state index contributed by atoms with van der Waals surface area (Å²) >= 11 is 0. The highest BCUT2D eigenvalue weighted by atomic mass is 16.6. The molecule has 0 aliphatic carbocycles. The van der Waals surface area contributed by atoms with Crippen molar-refractivity contribution in [2.24, 2.45) is 0 Å². The molecule has 106 valence electrons. The van der Waals surface area contributed by atoms with E-state index in [-0.39, 0.29) is 0 Å². The molecule has 1 aromatic carbocycles. The van der Waals surface area contributed by atoms with Gasteiger partial charge in [0.25, 0.3) is 5.95 Å². The molecular weight excluding hydrogens is 266 g/mol. The first-order valence-corrected chi connectivity index (χ1v) is 6.54. The van der Waals surface area contributed by atoms with Gasteiger partial charge in [-0.05, 0) is 28.8 Å². The molecule has 3 rings (SSSR count). The third-order valence-corrected chi connectivity index (χ3v) is 3.32. The monoisotopic (exact) mass is 281 g/mol. The van der Waals surface area contributed by atoms with Crippen LogP contribution in [0.1, 0.15) is 0 Å². The van der Waals surface area contributed by atoms with E-state index in [1.165, 1.54) is 0 Å². The normalized spacial score (nSPS) is 10.4. The molecule has 4 nitrogen and oxygen atoms in total. The van der Waals surface area contributed by atoms with Crippen molar-refractivity contribution in [1.82, 2.24) is 4.98 Å². The molecule has 0 fully saturated rings. The zero-order chi connectivity index (χ0) is 14.7. The van der Waals surface area contributed by atoms with Crippen LogP contribution in [-0.4, -0.2) is 19.2 Å². The Morgan fingerprint density at radius 1 is 0.810 bits per heavy atom. The molecule has 0 aliphatic heterocycles. The molecule has 0 spiro atoms. The topological polar surface area (TPSA) is 44.5 Å². The summed E-state index contributed by atoms with van der Waals surface area (Å²) in [6, 6.07) is 12.1. The van der Waals surface area contributed by atoms with Crippen molar-refractivity contribution in [3.63, 3.8) is 0 Å². The van der Waals surface area contributed by atoms with Gasteiger partial charge in [-0.3, -0.25) is 4.98 Å². The molecule has 0 unspecified atom stereocenters. The van der Waals surface area contributed by atoms with Crippen LogP contribution < -0.4 is 9.47 Å². The fraction of sp³-hybridized carbons (Fsp3) is 0.118. The first-order chi connectivity index (χ1) is 10.3. The minimum absolute atomic E-state index is 0.448. The zero-order valence-corrected chi connectivity index (χ0v) is 11.9. The van der Waals surface area contributed by atoms with Crippen molar-refractivity contribution in [2.75, 3.05) is 14.2 Å². The van der Waals surface area contributed by atoms with Crippen molar-refractivity contribution in [2.45, 2.75) is 0 Å². The van der Waals surface area contributed by atoms with E-state index >= 15 is 0 Å². The molecule has 0 amide bonds. The Kier molecular flexibility index (Phi) is 3.60. The molecule has 0 N–H and O–H groups in total. The number of rotatable bonds is 4.